The SMILES string of the molecule is CO[C@H]1CCN(C(=O)c2cc(C)cc([N+](=O)[O-])c2)[C@@H](CN)C1. The number of ether oxygens (including phenoxy) is 1. The molecule has 0 saturated carbocycles. The number of benzene rings is 1. The minimum atomic E-state index is -0.485. The van der Waals surface area contributed by atoms with Crippen molar-refractivity contribution in [1.29, 1.82) is 0 Å². The molecule has 0 aromatic heterocycles. The standard InChI is InChI=1S/C15H21N3O4/c1-10-5-11(7-12(6-10)18(20)21)15(19)17-4-3-14(22-2)8-13(17)9-16/h5-7,13-14H,3-4,8-9,16H2,1-2H3/t13-,14+/m1/s1. The summed E-state index contributed by atoms with van der Waals surface area (Å²) in [5, 5.41) is 11.0. The molecule has 0 radical (unpaired) electrons. The third kappa shape index (κ3) is 3.42. The molecule has 1 amide bonds. The molecule has 1 fully saturated rings. The summed E-state index contributed by atoms with van der Waals surface area (Å²) in [5.41, 5.74) is 6.73. The molecule has 0 unspecified atom stereocenters. The third-order valence-corrected chi connectivity index (χ3v) is 4.05. The second-order valence-corrected chi connectivity index (χ2v) is 5.58. The van der Waals surface area contributed by atoms with Crippen LogP contribution in [0.5, 0.6) is 0 Å². The molecule has 2 N–H and O–H groups in total. The predicted molar refractivity (Wildman–Crippen MR) is 81.7 cm³/mol. The molecule has 2 rings (SSSR count). The number of nitrogens with two attached hydrogens (primary N) is 1. The number of methoxy groups -OCH3 is 1. The molecule has 2 atom stereocenters. The highest BCUT2D eigenvalue weighted by atomic mass is 16.6. The number of rotatable bonds is 4. The average Bonchev–Trinajstić information content (AvgIpc) is 2.52. The van der Waals surface area contributed by atoms with E-state index >= 15 is 0 Å². The highest BCUT2D eigenvalue weighted by Gasteiger charge is 2.31. The zero-order valence-corrected chi connectivity index (χ0v) is 12.8. The van der Waals surface area contributed by atoms with Crippen molar-refractivity contribution in [3.8, 4) is 0 Å². The van der Waals surface area contributed by atoms with E-state index in [1.807, 2.05) is 0 Å². The lowest BCUT2D eigenvalue weighted by Crippen LogP contribution is -2.51. The van der Waals surface area contributed by atoms with Crippen molar-refractivity contribution < 1.29 is 14.5 Å². The molecule has 1 aromatic rings. The van der Waals surface area contributed by atoms with Crippen LogP contribution in [0.2, 0.25) is 0 Å². The van der Waals surface area contributed by atoms with Gasteiger partial charge in [0.25, 0.3) is 11.6 Å². The summed E-state index contributed by atoms with van der Waals surface area (Å²) in [7, 11) is 1.65. The third-order valence-electron chi connectivity index (χ3n) is 4.05. The fourth-order valence-electron chi connectivity index (χ4n) is 2.88. The zero-order valence-electron chi connectivity index (χ0n) is 12.8. The monoisotopic (exact) mass is 307 g/mol. The lowest BCUT2D eigenvalue weighted by Gasteiger charge is -2.38. The molecule has 1 aliphatic rings. The molecule has 7 nitrogen and oxygen atoms in total. The number of aryl methyl sites for hydroxylation is 1. The molecule has 0 aliphatic carbocycles. The number of piperidine rings is 1. The maximum atomic E-state index is 12.7. The van der Waals surface area contributed by atoms with Gasteiger partial charge in [0.2, 0.25) is 0 Å². The molecule has 22 heavy (non-hydrogen) atoms. The fraction of sp³-hybridized carbons (Fsp3) is 0.533. The number of hydrogen-bond donors (Lipinski definition) is 1. The first-order chi connectivity index (χ1) is 10.5. The Morgan fingerprint density at radius 1 is 1.50 bits per heavy atom. The van der Waals surface area contributed by atoms with Crippen molar-refractivity contribution in [3.63, 3.8) is 0 Å². The number of nitro benzene ring substituents is 1. The van der Waals surface area contributed by atoms with Crippen molar-refractivity contribution in [2.45, 2.75) is 31.9 Å². The summed E-state index contributed by atoms with van der Waals surface area (Å²) in [5.74, 6) is -0.211. The van der Waals surface area contributed by atoms with Gasteiger partial charge in [-0.2, -0.15) is 0 Å². The number of carbonyl (C=O) groups excluding carboxylic acids is 1. The van der Waals surface area contributed by atoms with Gasteiger partial charge in [-0.1, -0.05) is 0 Å². The number of carbonyl (C=O) groups is 1. The predicted octanol–water partition coefficient (Wildman–Crippen LogP) is 1.48. The Morgan fingerprint density at radius 2 is 2.23 bits per heavy atom. The summed E-state index contributed by atoms with van der Waals surface area (Å²) in [6.07, 6.45) is 1.53. The lowest BCUT2D eigenvalue weighted by molar-refractivity contribution is -0.384. The molecule has 0 spiro atoms. The van der Waals surface area contributed by atoms with E-state index in [-0.39, 0.29) is 23.7 Å². The maximum absolute atomic E-state index is 12.7. The quantitative estimate of drug-likeness (QED) is 0.671. The van der Waals surface area contributed by atoms with Crippen LogP contribution < -0.4 is 5.73 Å². The van der Waals surface area contributed by atoms with E-state index < -0.39 is 4.92 Å². The molecule has 1 aromatic carbocycles. The molecule has 1 aliphatic heterocycles. The van der Waals surface area contributed by atoms with Crippen LogP contribution in [0.3, 0.4) is 0 Å². The minimum absolute atomic E-state index is 0.0700. The Balaban J connectivity index is 2.25. The summed E-state index contributed by atoms with van der Waals surface area (Å²) in [4.78, 5) is 24.9. The first-order valence-electron chi connectivity index (χ1n) is 7.26. The number of amides is 1. The van der Waals surface area contributed by atoms with Crippen LogP contribution in [-0.4, -0.2) is 48.1 Å². The maximum Gasteiger partial charge on any atom is 0.270 e. The van der Waals surface area contributed by atoms with E-state index in [0.717, 1.165) is 6.42 Å². The molecule has 120 valence electrons. The first-order valence-corrected chi connectivity index (χ1v) is 7.26. The first kappa shape index (κ1) is 16.4. The number of hydrogen-bond acceptors (Lipinski definition) is 5. The van der Waals surface area contributed by atoms with Crippen LogP contribution >= 0.6 is 0 Å². The van der Waals surface area contributed by atoms with Gasteiger partial charge < -0.3 is 15.4 Å². The van der Waals surface area contributed by atoms with Crippen LogP contribution in [-0.2, 0) is 4.74 Å². The summed E-state index contributed by atoms with van der Waals surface area (Å²) >= 11 is 0. The van der Waals surface area contributed by atoms with Gasteiger partial charge in [0.15, 0.2) is 0 Å². The van der Waals surface area contributed by atoms with Gasteiger partial charge in [0, 0.05) is 43.9 Å². The van der Waals surface area contributed by atoms with Crippen molar-refractivity contribution >= 4 is 11.6 Å². The van der Waals surface area contributed by atoms with Crippen molar-refractivity contribution in [2.75, 3.05) is 20.2 Å². The highest BCUT2D eigenvalue weighted by Crippen LogP contribution is 2.24. The van der Waals surface area contributed by atoms with Crippen LogP contribution in [0.15, 0.2) is 18.2 Å². The Kier molecular flexibility index (Phi) is 5.10. The second kappa shape index (κ2) is 6.85. The summed E-state index contributed by atoms with van der Waals surface area (Å²) < 4.78 is 5.34. The van der Waals surface area contributed by atoms with Crippen molar-refractivity contribution in [2.24, 2.45) is 5.73 Å². The van der Waals surface area contributed by atoms with Gasteiger partial charge in [0.05, 0.1) is 11.0 Å². The van der Waals surface area contributed by atoms with E-state index in [1.54, 1.807) is 25.0 Å². The molecular formula is C15H21N3O4. The normalized spacial score (nSPS) is 21.7. The van der Waals surface area contributed by atoms with Crippen LogP contribution in [0, 0.1) is 17.0 Å². The van der Waals surface area contributed by atoms with Crippen LogP contribution in [0.4, 0.5) is 5.69 Å². The van der Waals surface area contributed by atoms with E-state index in [2.05, 4.69) is 0 Å². The van der Waals surface area contributed by atoms with Crippen LogP contribution in [0.25, 0.3) is 0 Å². The molecule has 7 heteroatoms. The Bertz CT molecular complexity index is 576. The van der Waals surface area contributed by atoms with Gasteiger partial charge in [-0.3, -0.25) is 14.9 Å². The largest absolute Gasteiger partial charge is 0.381 e. The topological polar surface area (TPSA) is 98.7 Å². The number of nitro groups is 1. The lowest BCUT2D eigenvalue weighted by atomic mass is 9.97. The van der Waals surface area contributed by atoms with Gasteiger partial charge in [-0.25, -0.2) is 0 Å². The number of nitrogens with zero attached hydrogens (tertiary/aromatic N) is 2. The fourth-order valence-corrected chi connectivity index (χ4v) is 2.88. The zero-order chi connectivity index (χ0) is 16.3. The van der Waals surface area contributed by atoms with Gasteiger partial charge in [0.1, 0.15) is 0 Å². The number of non-ortho nitro benzene ring substituents is 1. The van der Waals surface area contributed by atoms with E-state index in [4.69, 9.17) is 10.5 Å². The van der Waals surface area contributed by atoms with E-state index in [1.165, 1.54) is 12.1 Å². The molecule has 1 heterocycles. The van der Waals surface area contributed by atoms with Crippen molar-refractivity contribution in [3.05, 3.63) is 39.4 Å². The van der Waals surface area contributed by atoms with Gasteiger partial charge in [-0.15, -0.1) is 0 Å². The Morgan fingerprint density at radius 3 is 2.82 bits per heavy atom. The summed E-state index contributed by atoms with van der Waals surface area (Å²) in [6, 6.07) is 4.34. The average molecular weight is 307 g/mol. The molecule has 1 saturated heterocycles. The van der Waals surface area contributed by atoms with E-state index in [0.29, 0.717) is 30.6 Å². The summed E-state index contributed by atoms with van der Waals surface area (Å²) in [6.45, 7) is 2.63. The highest BCUT2D eigenvalue weighted by molar-refractivity contribution is 5.95. The second-order valence-electron chi connectivity index (χ2n) is 5.58. The molecular weight excluding hydrogens is 286 g/mol. The number of likely N-dealkylation sites (tertiary alicyclic amines) is 1. The van der Waals surface area contributed by atoms with Crippen LogP contribution in [0.1, 0.15) is 28.8 Å². The smallest absolute Gasteiger partial charge is 0.270 e. The Hall–Kier alpha value is -1.99. The van der Waals surface area contributed by atoms with Gasteiger partial charge >= 0.3 is 0 Å². The molecule has 0 bridgehead atoms. The van der Waals surface area contributed by atoms with Gasteiger partial charge in [-0.05, 0) is 31.4 Å². The van der Waals surface area contributed by atoms with Crippen molar-refractivity contribution in [1.82, 2.24) is 4.90 Å². The van der Waals surface area contributed by atoms with E-state index in [9.17, 15) is 14.9 Å². The minimum Gasteiger partial charge on any atom is -0.381 e. The Labute approximate surface area is 129 Å².